The first-order chi connectivity index (χ1) is 8.67. The zero-order valence-electron chi connectivity index (χ0n) is 11.9. The molecular weight excluding hydrogens is 228 g/mol. The molecule has 1 saturated heterocycles. The average Bonchev–Trinajstić information content (AvgIpc) is 2.76. The fourth-order valence-corrected chi connectivity index (χ4v) is 2.47. The zero-order chi connectivity index (χ0) is 13.4. The van der Waals surface area contributed by atoms with Crippen LogP contribution in [0.5, 0.6) is 0 Å². The molecule has 0 saturated carbocycles. The van der Waals surface area contributed by atoms with Gasteiger partial charge in [0.15, 0.2) is 0 Å². The first kappa shape index (κ1) is 15.2. The molecular formula is C14H26N2O2. The van der Waals surface area contributed by atoms with E-state index >= 15 is 0 Å². The van der Waals surface area contributed by atoms with E-state index in [9.17, 15) is 4.79 Å². The summed E-state index contributed by atoms with van der Waals surface area (Å²) in [5.74, 6) is -0.248. The maximum Gasteiger partial charge on any atom is 0.330 e. The lowest BCUT2D eigenvalue weighted by Gasteiger charge is -2.27. The van der Waals surface area contributed by atoms with Gasteiger partial charge in [0.2, 0.25) is 0 Å². The van der Waals surface area contributed by atoms with Gasteiger partial charge in [0, 0.05) is 25.2 Å². The van der Waals surface area contributed by atoms with E-state index in [1.54, 1.807) is 0 Å². The summed E-state index contributed by atoms with van der Waals surface area (Å²) in [5.41, 5.74) is 0. The van der Waals surface area contributed by atoms with Crippen molar-refractivity contribution in [2.24, 2.45) is 0 Å². The van der Waals surface area contributed by atoms with Gasteiger partial charge in [0.05, 0.1) is 6.61 Å². The number of hydrogen-bond acceptors (Lipinski definition) is 4. The van der Waals surface area contributed by atoms with Crippen LogP contribution in [0.1, 0.15) is 26.7 Å². The summed E-state index contributed by atoms with van der Waals surface area (Å²) in [6.45, 7) is 8.71. The Labute approximate surface area is 111 Å². The Balaban J connectivity index is 2.24. The molecule has 18 heavy (non-hydrogen) atoms. The minimum Gasteiger partial charge on any atom is -0.463 e. The van der Waals surface area contributed by atoms with Crippen LogP contribution in [0, 0.1) is 0 Å². The van der Waals surface area contributed by atoms with Crippen LogP contribution in [0.2, 0.25) is 0 Å². The molecule has 1 atom stereocenters. The van der Waals surface area contributed by atoms with Gasteiger partial charge in [0.1, 0.15) is 0 Å². The van der Waals surface area contributed by atoms with Gasteiger partial charge in [-0.05, 0) is 39.9 Å². The lowest BCUT2D eigenvalue weighted by atomic mass is 10.2. The summed E-state index contributed by atoms with van der Waals surface area (Å²) < 4.78 is 4.84. The molecule has 1 heterocycles. The summed E-state index contributed by atoms with van der Waals surface area (Å²) in [7, 11) is 2.10. The second-order valence-corrected chi connectivity index (χ2v) is 4.80. The molecule has 1 aliphatic rings. The van der Waals surface area contributed by atoms with Crippen LogP contribution in [0.15, 0.2) is 12.2 Å². The predicted octanol–water partition coefficient (Wildman–Crippen LogP) is 1.52. The SMILES string of the molecule is CCOC(=O)/C=C/CN(C)CC1CCCN1CC. The molecule has 0 aromatic rings. The van der Waals surface area contributed by atoms with Gasteiger partial charge in [-0.25, -0.2) is 4.79 Å². The third-order valence-electron chi connectivity index (χ3n) is 3.39. The molecule has 0 spiro atoms. The molecule has 0 N–H and O–H groups in total. The number of nitrogens with zero attached hydrogens (tertiary/aromatic N) is 2. The summed E-state index contributed by atoms with van der Waals surface area (Å²) in [6, 6.07) is 0.677. The molecule has 104 valence electrons. The van der Waals surface area contributed by atoms with Gasteiger partial charge in [-0.1, -0.05) is 13.0 Å². The van der Waals surface area contributed by atoms with E-state index in [-0.39, 0.29) is 5.97 Å². The first-order valence-electron chi connectivity index (χ1n) is 6.93. The molecule has 0 aliphatic carbocycles. The number of hydrogen-bond donors (Lipinski definition) is 0. The van der Waals surface area contributed by atoms with E-state index in [0.717, 1.165) is 19.6 Å². The van der Waals surface area contributed by atoms with Crippen molar-refractivity contribution in [1.29, 1.82) is 0 Å². The Morgan fingerprint density at radius 2 is 2.28 bits per heavy atom. The quantitative estimate of drug-likeness (QED) is 0.509. The second-order valence-electron chi connectivity index (χ2n) is 4.80. The Morgan fingerprint density at radius 1 is 1.50 bits per heavy atom. The highest BCUT2D eigenvalue weighted by atomic mass is 16.5. The van der Waals surface area contributed by atoms with Crippen LogP contribution < -0.4 is 0 Å². The predicted molar refractivity (Wildman–Crippen MR) is 73.5 cm³/mol. The first-order valence-corrected chi connectivity index (χ1v) is 6.93. The number of carbonyl (C=O) groups is 1. The number of likely N-dealkylation sites (N-methyl/N-ethyl adjacent to an activating group) is 2. The van der Waals surface area contributed by atoms with E-state index in [1.807, 2.05) is 13.0 Å². The third kappa shape index (κ3) is 5.19. The molecule has 0 radical (unpaired) electrons. The third-order valence-corrected chi connectivity index (χ3v) is 3.39. The molecule has 1 rings (SSSR count). The normalized spacial score (nSPS) is 21.0. The number of rotatable bonds is 7. The van der Waals surface area contributed by atoms with Crippen molar-refractivity contribution < 1.29 is 9.53 Å². The number of carbonyl (C=O) groups excluding carboxylic acids is 1. The molecule has 0 aromatic heterocycles. The van der Waals surface area contributed by atoms with Gasteiger partial charge >= 0.3 is 5.97 Å². The minimum atomic E-state index is -0.248. The van der Waals surface area contributed by atoms with Crippen LogP contribution in [0.25, 0.3) is 0 Å². The zero-order valence-corrected chi connectivity index (χ0v) is 11.9. The van der Waals surface area contributed by atoms with Gasteiger partial charge < -0.3 is 9.64 Å². The fraction of sp³-hybridized carbons (Fsp3) is 0.786. The molecule has 1 unspecified atom stereocenters. The molecule has 4 nitrogen and oxygen atoms in total. The van der Waals surface area contributed by atoms with Crippen molar-refractivity contribution in [1.82, 2.24) is 9.80 Å². The average molecular weight is 254 g/mol. The Morgan fingerprint density at radius 3 is 2.94 bits per heavy atom. The van der Waals surface area contributed by atoms with Crippen molar-refractivity contribution in [3.63, 3.8) is 0 Å². The molecule has 4 heteroatoms. The topological polar surface area (TPSA) is 32.8 Å². The van der Waals surface area contributed by atoms with Gasteiger partial charge in [-0.2, -0.15) is 0 Å². The summed E-state index contributed by atoms with van der Waals surface area (Å²) in [6.07, 6.45) is 6.00. The highest BCUT2D eigenvalue weighted by Gasteiger charge is 2.23. The molecule has 0 bridgehead atoms. The monoisotopic (exact) mass is 254 g/mol. The Hall–Kier alpha value is -0.870. The van der Waals surface area contributed by atoms with E-state index in [0.29, 0.717) is 12.6 Å². The highest BCUT2D eigenvalue weighted by Crippen LogP contribution is 2.17. The Kier molecular flexibility index (Phi) is 6.98. The Bertz CT molecular complexity index is 279. The van der Waals surface area contributed by atoms with E-state index in [2.05, 4.69) is 23.8 Å². The summed E-state index contributed by atoms with van der Waals surface area (Å²) in [5, 5.41) is 0. The summed E-state index contributed by atoms with van der Waals surface area (Å²) in [4.78, 5) is 15.9. The highest BCUT2D eigenvalue weighted by molar-refractivity contribution is 5.81. The largest absolute Gasteiger partial charge is 0.463 e. The van der Waals surface area contributed by atoms with Crippen LogP contribution in [0.3, 0.4) is 0 Å². The fourth-order valence-electron chi connectivity index (χ4n) is 2.47. The van der Waals surface area contributed by atoms with Crippen LogP contribution in [0.4, 0.5) is 0 Å². The van der Waals surface area contributed by atoms with Crippen LogP contribution >= 0.6 is 0 Å². The maximum atomic E-state index is 11.1. The smallest absolute Gasteiger partial charge is 0.330 e. The van der Waals surface area contributed by atoms with Gasteiger partial charge in [-0.15, -0.1) is 0 Å². The molecule has 0 aromatic carbocycles. The second kappa shape index (κ2) is 8.27. The lowest BCUT2D eigenvalue weighted by Crippen LogP contribution is -2.38. The molecule has 0 amide bonds. The van der Waals surface area contributed by atoms with Crippen molar-refractivity contribution in [3.05, 3.63) is 12.2 Å². The van der Waals surface area contributed by atoms with Crippen molar-refractivity contribution >= 4 is 5.97 Å². The number of likely N-dealkylation sites (tertiary alicyclic amines) is 1. The van der Waals surface area contributed by atoms with Crippen molar-refractivity contribution in [2.45, 2.75) is 32.7 Å². The maximum absolute atomic E-state index is 11.1. The lowest BCUT2D eigenvalue weighted by molar-refractivity contribution is -0.137. The molecule has 1 aliphatic heterocycles. The molecule has 1 fully saturated rings. The van der Waals surface area contributed by atoms with E-state index in [1.165, 1.54) is 25.5 Å². The summed E-state index contributed by atoms with van der Waals surface area (Å²) >= 11 is 0. The van der Waals surface area contributed by atoms with Crippen LogP contribution in [-0.4, -0.2) is 61.6 Å². The standard InChI is InChI=1S/C14H26N2O2/c1-4-16-11-6-8-13(16)12-15(3)10-7-9-14(17)18-5-2/h7,9,13H,4-6,8,10-12H2,1-3H3/b9-7+. The van der Waals surface area contributed by atoms with Gasteiger partial charge in [0.25, 0.3) is 0 Å². The minimum absolute atomic E-state index is 0.248. The van der Waals surface area contributed by atoms with E-state index in [4.69, 9.17) is 4.74 Å². The number of ether oxygens (including phenoxy) is 1. The van der Waals surface area contributed by atoms with Crippen molar-refractivity contribution in [3.8, 4) is 0 Å². The van der Waals surface area contributed by atoms with Crippen LogP contribution in [-0.2, 0) is 9.53 Å². The number of esters is 1. The van der Waals surface area contributed by atoms with Gasteiger partial charge in [-0.3, -0.25) is 4.90 Å². The van der Waals surface area contributed by atoms with E-state index < -0.39 is 0 Å². The van der Waals surface area contributed by atoms with Crippen molar-refractivity contribution in [2.75, 3.05) is 39.8 Å².